The van der Waals surface area contributed by atoms with Crippen LogP contribution in [-0.4, -0.2) is 47.9 Å². The normalized spacial score (nSPS) is 27.8. The minimum Gasteiger partial charge on any atom is -0.335 e. The molecule has 0 unspecified atom stereocenters. The monoisotopic (exact) mass is 308 g/mol. The van der Waals surface area contributed by atoms with Crippen molar-refractivity contribution < 1.29 is 13.6 Å². The highest BCUT2D eigenvalue weighted by atomic mass is 19.1. The van der Waals surface area contributed by atoms with Crippen LogP contribution in [0.5, 0.6) is 0 Å². The molecule has 0 N–H and O–H groups in total. The highest BCUT2D eigenvalue weighted by Crippen LogP contribution is 2.50. The van der Waals surface area contributed by atoms with E-state index in [1.807, 2.05) is 25.8 Å². The van der Waals surface area contributed by atoms with Crippen molar-refractivity contribution in [2.24, 2.45) is 5.92 Å². The predicted octanol–water partition coefficient (Wildman–Crippen LogP) is 2.62. The van der Waals surface area contributed by atoms with Gasteiger partial charge in [-0.25, -0.2) is 8.78 Å². The van der Waals surface area contributed by atoms with Crippen LogP contribution in [0.1, 0.15) is 31.7 Å². The van der Waals surface area contributed by atoms with E-state index in [-0.39, 0.29) is 28.8 Å². The fraction of sp³-hybridized carbons (Fsp3) is 0.588. The molecule has 1 aliphatic heterocycles. The topological polar surface area (TPSA) is 23.6 Å². The lowest BCUT2D eigenvalue weighted by Crippen LogP contribution is -2.60. The average molecular weight is 308 g/mol. The highest BCUT2D eigenvalue weighted by Gasteiger charge is 2.50. The van der Waals surface area contributed by atoms with E-state index in [0.717, 1.165) is 13.1 Å². The smallest absolute Gasteiger partial charge is 0.226 e. The van der Waals surface area contributed by atoms with Crippen LogP contribution in [0.25, 0.3) is 0 Å². The van der Waals surface area contributed by atoms with Gasteiger partial charge in [0.1, 0.15) is 11.6 Å². The number of piperazine rings is 1. The summed E-state index contributed by atoms with van der Waals surface area (Å²) in [5.74, 6) is -1.65. The number of rotatable bonds is 2. The molecule has 0 bridgehead atoms. The average Bonchev–Trinajstić information content (AvgIpc) is 3.17. The molecular formula is C17H22F2N2O. The number of nitrogens with zero attached hydrogens (tertiary/aromatic N) is 2. The first-order valence-electron chi connectivity index (χ1n) is 7.75. The van der Waals surface area contributed by atoms with Crippen LogP contribution in [0, 0.1) is 17.6 Å². The third-order valence-electron chi connectivity index (χ3n) is 4.84. The van der Waals surface area contributed by atoms with E-state index < -0.39 is 11.6 Å². The quantitative estimate of drug-likeness (QED) is 0.838. The SMILES string of the molecule is CN1CCN(C(=O)[C@H]2C[C@H]2c2c(F)cccc2F)C(C)(C)C1. The first-order valence-corrected chi connectivity index (χ1v) is 7.75. The van der Waals surface area contributed by atoms with Gasteiger partial charge in [0.2, 0.25) is 5.91 Å². The molecule has 1 amide bonds. The zero-order valence-corrected chi connectivity index (χ0v) is 13.3. The fourth-order valence-corrected chi connectivity index (χ4v) is 3.66. The molecule has 0 spiro atoms. The standard InChI is InChI=1S/C17H22F2N2O/c1-17(2)10-20(3)7-8-21(17)16(22)12-9-11(12)15-13(18)5-4-6-14(15)19/h4-6,11-12H,7-10H2,1-3H3/t11-,12+/m1/s1. The molecule has 2 fully saturated rings. The van der Waals surface area contributed by atoms with Crippen molar-refractivity contribution in [3.8, 4) is 0 Å². The first-order chi connectivity index (χ1) is 10.3. The van der Waals surface area contributed by atoms with Crippen LogP contribution in [0.4, 0.5) is 8.78 Å². The summed E-state index contributed by atoms with van der Waals surface area (Å²) >= 11 is 0. The Kier molecular flexibility index (Phi) is 3.71. The lowest BCUT2D eigenvalue weighted by molar-refractivity contribution is -0.141. The second kappa shape index (κ2) is 5.30. The van der Waals surface area contributed by atoms with Gasteiger partial charge in [-0.05, 0) is 39.4 Å². The molecule has 1 aliphatic carbocycles. The van der Waals surface area contributed by atoms with Gasteiger partial charge >= 0.3 is 0 Å². The summed E-state index contributed by atoms with van der Waals surface area (Å²) in [6.45, 7) is 6.40. The van der Waals surface area contributed by atoms with Crippen molar-refractivity contribution in [2.75, 3.05) is 26.7 Å². The van der Waals surface area contributed by atoms with Gasteiger partial charge in [0.05, 0.1) is 0 Å². The molecule has 2 aliphatic rings. The maximum Gasteiger partial charge on any atom is 0.226 e. The summed E-state index contributed by atoms with van der Waals surface area (Å²) < 4.78 is 27.7. The Hall–Kier alpha value is -1.49. The molecule has 1 heterocycles. The Morgan fingerprint density at radius 2 is 1.86 bits per heavy atom. The zero-order chi connectivity index (χ0) is 16.1. The molecule has 1 saturated heterocycles. The van der Waals surface area contributed by atoms with Gasteiger partial charge in [-0.2, -0.15) is 0 Å². The minimum absolute atomic E-state index is 0.0331. The van der Waals surface area contributed by atoms with Gasteiger partial charge in [-0.3, -0.25) is 4.79 Å². The number of halogens is 2. The largest absolute Gasteiger partial charge is 0.335 e. The van der Waals surface area contributed by atoms with Gasteiger partial charge in [0.15, 0.2) is 0 Å². The Morgan fingerprint density at radius 1 is 1.23 bits per heavy atom. The van der Waals surface area contributed by atoms with Crippen LogP contribution >= 0.6 is 0 Å². The molecular weight excluding hydrogens is 286 g/mol. The molecule has 3 rings (SSSR count). The number of amides is 1. The number of hydrogen-bond donors (Lipinski definition) is 0. The van der Waals surface area contributed by atoms with Crippen LogP contribution in [-0.2, 0) is 4.79 Å². The maximum absolute atomic E-state index is 13.9. The van der Waals surface area contributed by atoms with Crippen molar-refractivity contribution in [3.63, 3.8) is 0 Å². The van der Waals surface area contributed by atoms with E-state index in [9.17, 15) is 13.6 Å². The number of benzene rings is 1. The van der Waals surface area contributed by atoms with Gasteiger partial charge in [0.25, 0.3) is 0 Å². The van der Waals surface area contributed by atoms with Crippen molar-refractivity contribution in [2.45, 2.75) is 31.7 Å². The summed E-state index contributed by atoms with van der Waals surface area (Å²) in [5.41, 5.74) is -0.168. The van der Waals surface area contributed by atoms with Crippen LogP contribution < -0.4 is 0 Å². The Balaban J connectivity index is 1.76. The highest BCUT2D eigenvalue weighted by molar-refractivity contribution is 5.84. The van der Waals surface area contributed by atoms with E-state index in [2.05, 4.69) is 4.90 Å². The van der Waals surface area contributed by atoms with Gasteiger partial charge < -0.3 is 9.80 Å². The molecule has 3 nitrogen and oxygen atoms in total. The van der Waals surface area contributed by atoms with Gasteiger partial charge in [0, 0.05) is 42.6 Å². The lowest BCUT2D eigenvalue weighted by atomic mass is 9.97. The Bertz CT molecular complexity index is 582. The van der Waals surface area contributed by atoms with E-state index in [1.165, 1.54) is 18.2 Å². The molecule has 0 radical (unpaired) electrons. The van der Waals surface area contributed by atoms with E-state index in [1.54, 1.807) is 0 Å². The molecule has 1 aromatic carbocycles. The predicted molar refractivity (Wildman–Crippen MR) is 80.5 cm³/mol. The van der Waals surface area contributed by atoms with Crippen LogP contribution in [0.3, 0.4) is 0 Å². The zero-order valence-electron chi connectivity index (χ0n) is 13.3. The van der Waals surface area contributed by atoms with Crippen LogP contribution in [0.15, 0.2) is 18.2 Å². The van der Waals surface area contributed by atoms with E-state index in [0.29, 0.717) is 13.0 Å². The third kappa shape index (κ3) is 2.62. The van der Waals surface area contributed by atoms with E-state index in [4.69, 9.17) is 0 Å². The molecule has 1 aromatic rings. The molecule has 5 heteroatoms. The van der Waals surface area contributed by atoms with Crippen molar-refractivity contribution in [1.29, 1.82) is 0 Å². The second-order valence-electron chi connectivity index (χ2n) is 7.12. The number of hydrogen-bond acceptors (Lipinski definition) is 2. The summed E-state index contributed by atoms with van der Waals surface area (Å²) in [5, 5.41) is 0. The number of carbonyl (C=O) groups excluding carboxylic acids is 1. The minimum atomic E-state index is -0.544. The van der Waals surface area contributed by atoms with Gasteiger partial charge in [-0.1, -0.05) is 6.07 Å². The third-order valence-corrected chi connectivity index (χ3v) is 4.84. The summed E-state index contributed by atoms with van der Waals surface area (Å²) in [6.07, 6.45) is 0.541. The maximum atomic E-state index is 13.9. The van der Waals surface area contributed by atoms with E-state index >= 15 is 0 Å². The summed E-state index contributed by atoms with van der Waals surface area (Å²) in [4.78, 5) is 16.8. The van der Waals surface area contributed by atoms with Gasteiger partial charge in [-0.15, -0.1) is 0 Å². The molecule has 120 valence electrons. The number of carbonyl (C=O) groups is 1. The molecule has 0 aromatic heterocycles. The molecule has 1 saturated carbocycles. The van der Waals surface area contributed by atoms with Crippen LogP contribution in [0.2, 0.25) is 0 Å². The Morgan fingerprint density at radius 3 is 2.45 bits per heavy atom. The summed E-state index contributed by atoms with van der Waals surface area (Å²) in [6, 6.07) is 3.88. The second-order valence-corrected chi connectivity index (χ2v) is 7.12. The lowest BCUT2D eigenvalue weighted by Gasteiger charge is -2.46. The molecule has 2 atom stereocenters. The first kappa shape index (κ1) is 15.4. The van der Waals surface area contributed by atoms with Crippen molar-refractivity contribution in [3.05, 3.63) is 35.4 Å². The summed E-state index contributed by atoms with van der Waals surface area (Å²) in [7, 11) is 2.04. The molecule has 22 heavy (non-hydrogen) atoms. The number of likely N-dealkylation sites (N-methyl/N-ethyl adjacent to an activating group) is 1. The van der Waals surface area contributed by atoms with Crippen molar-refractivity contribution >= 4 is 5.91 Å². The fourth-order valence-electron chi connectivity index (χ4n) is 3.66. The van der Waals surface area contributed by atoms with Crippen molar-refractivity contribution in [1.82, 2.24) is 9.80 Å². The Labute approximate surface area is 129 Å².